The number of carbonyl (C=O) groups excluding carboxylic acids is 2. The van der Waals surface area contributed by atoms with Crippen LogP contribution in [0.2, 0.25) is 0 Å². The Kier molecular flexibility index (Phi) is 5.34. The number of unbranched alkanes of at least 4 members (excludes halogenated alkanes) is 2. The fourth-order valence-electron chi connectivity index (χ4n) is 3.34. The summed E-state index contributed by atoms with van der Waals surface area (Å²) in [6.07, 6.45) is 2.45. The third-order valence-electron chi connectivity index (χ3n) is 4.81. The van der Waals surface area contributed by atoms with Gasteiger partial charge in [-0.25, -0.2) is 0 Å². The average molecular weight is 386 g/mol. The SMILES string of the molecule is COC(=O)CCCCCn1c(=O)c2cc3c(=O)n(CC=O)c(=O)c3cc2c1=O. The van der Waals surface area contributed by atoms with E-state index in [9.17, 15) is 28.8 Å². The summed E-state index contributed by atoms with van der Waals surface area (Å²) in [5.41, 5.74) is -2.36. The summed E-state index contributed by atoms with van der Waals surface area (Å²) >= 11 is 0. The quantitative estimate of drug-likeness (QED) is 0.300. The molecule has 2 heterocycles. The maximum Gasteiger partial charge on any atom is 0.305 e. The van der Waals surface area contributed by atoms with Crippen LogP contribution in [0.25, 0.3) is 21.5 Å². The highest BCUT2D eigenvalue weighted by Crippen LogP contribution is 2.14. The molecule has 9 nitrogen and oxygen atoms in total. The zero-order chi connectivity index (χ0) is 20.4. The second kappa shape index (κ2) is 7.71. The molecule has 0 saturated heterocycles. The number of aromatic nitrogens is 2. The molecule has 146 valence electrons. The smallest absolute Gasteiger partial charge is 0.305 e. The summed E-state index contributed by atoms with van der Waals surface area (Å²) in [5, 5.41) is 0.193. The van der Waals surface area contributed by atoms with Crippen LogP contribution in [0.4, 0.5) is 0 Å². The number of fused-ring (bicyclic) bond motifs is 2. The average Bonchev–Trinajstić information content (AvgIpc) is 3.06. The monoisotopic (exact) mass is 386 g/mol. The van der Waals surface area contributed by atoms with E-state index in [2.05, 4.69) is 4.74 Å². The van der Waals surface area contributed by atoms with Gasteiger partial charge in [-0.15, -0.1) is 0 Å². The molecule has 0 aliphatic heterocycles. The summed E-state index contributed by atoms with van der Waals surface area (Å²) in [5.74, 6) is -0.312. The van der Waals surface area contributed by atoms with Crippen LogP contribution in [-0.4, -0.2) is 28.5 Å². The number of methoxy groups -OCH3 is 1. The van der Waals surface area contributed by atoms with Crippen LogP contribution < -0.4 is 22.2 Å². The minimum absolute atomic E-state index is 0.0201. The highest BCUT2D eigenvalue weighted by molar-refractivity contribution is 5.97. The van der Waals surface area contributed by atoms with Gasteiger partial charge in [0.25, 0.3) is 22.2 Å². The maximum absolute atomic E-state index is 12.6. The van der Waals surface area contributed by atoms with Gasteiger partial charge in [0.2, 0.25) is 0 Å². The van der Waals surface area contributed by atoms with Crippen LogP contribution in [0.3, 0.4) is 0 Å². The van der Waals surface area contributed by atoms with E-state index in [0.29, 0.717) is 25.5 Å². The Bertz CT molecular complexity index is 1190. The number of aldehydes is 1. The molecular weight excluding hydrogens is 368 g/mol. The highest BCUT2D eigenvalue weighted by atomic mass is 16.5. The molecule has 2 aromatic heterocycles. The summed E-state index contributed by atoms with van der Waals surface area (Å²) in [6.45, 7) is -0.200. The summed E-state index contributed by atoms with van der Waals surface area (Å²) in [6, 6.07) is 2.51. The number of hydrogen-bond acceptors (Lipinski definition) is 7. The van der Waals surface area contributed by atoms with Crippen molar-refractivity contribution in [3.8, 4) is 0 Å². The number of ether oxygens (including phenoxy) is 1. The Morgan fingerprint density at radius 2 is 1.36 bits per heavy atom. The normalized spacial score (nSPS) is 11.3. The number of carbonyl (C=O) groups is 2. The molecular formula is C19H18N2O7. The summed E-state index contributed by atoms with van der Waals surface area (Å²) in [4.78, 5) is 71.5. The number of nitrogens with zero attached hydrogens (tertiary/aromatic N) is 2. The molecule has 0 spiro atoms. The summed E-state index contributed by atoms with van der Waals surface area (Å²) < 4.78 is 6.41. The van der Waals surface area contributed by atoms with Crippen molar-refractivity contribution in [1.29, 1.82) is 0 Å². The van der Waals surface area contributed by atoms with Crippen molar-refractivity contribution in [1.82, 2.24) is 9.13 Å². The third-order valence-corrected chi connectivity index (χ3v) is 4.81. The van der Waals surface area contributed by atoms with Gasteiger partial charge >= 0.3 is 5.97 Å². The zero-order valence-electron chi connectivity index (χ0n) is 15.2. The molecule has 1 aromatic carbocycles. The van der Waals surface area contributed by atoms with Crippen LogP contribution in [0.1, 0.15) is 25.7 Å². The third kappa shape index (κ3) is 3.19. The molecule has 28 heavy (non-hydrogen) atoms. The van der Waals surface area contributed by atoms with E-state index in [1.807, 2.05) is 0 Å². The fourth-order valence-corrected chi connectivity index (χ4v) is 3.34. The molecule has 3 rings (SSSR count). The number of benzene rings is 1. The lowest BCUT2D eigenvalue weighted by atomic mass is 10.1. The molecule has 0 bridgehead atoms. The summed E-state index contributed by atoms with van der Waals surface area (Å²) in [7, 11) is 1.31. The molecule has 0 unspecified atom stereocenters. The molecule has 0 saturated carbocycles. The lowest BCUT2D eigenvalue weighted by molar-refractivity contribution is -0.140. The topological polar surface area (TPSA) is 122 Å². The molecule has 0 aliphatic carbocycles. The Morgan fingerprint density at radius 3 is 1.82 bits per heavy atom. The van der Waals surface area contributed by atoms with Crippen molar-refractivity contribution in [2.24, 2.45) is 0 Å². The van der Waals surface area contributed by atoms with Crippen LogP contribution in [0.15, 0.2) is 31.3 Å². The predicted molar refractivity (Wildman–Crippen MR) is 101 cm³/mol. The van der Waals surface area contributed by atoms with E-state index in [-0.39, 0.29) is 47.0 Å². The number of esters is 1. The van der Waals surface area contributed by atoms with E-state index in [4.69, 9.17) is 0 Å². The second-order valence-electron chi connectivity index (χ2n) is 6.48. The van der Waals surface area contributed by atoms with Crippen LogP contribution in [0.5, 0.6) is 0 Å². The first-order valence-corrected chi connectivity index (χ1v) is 8.81. The van der Waals surface area contributed by atoms with Gasteiger partial charge in [0.1, 0.15) is 6.29 Å². The standard InChI is InChI=1S/C19H18N2O7/c1-28-15(23)5-3-2-4-6-20-16(24)11-9-13-14(10-12(11)17(20)25)19(27)21(7-8-22)18(13)26/h8-10H,2-7H2,1H3. The van der Waals surface area contributed by atoms with Crippen molar-refractivity contribution < 1.29 is 14.3 Å². The molecule has 0 aliphatic rings. The van der Waals surface area contributed by atoms with Gasteiger partial charge in [0.15, 0.2) is 0 Å². The molecule has 3 aromatic rings. The Hall–Kier alpha value is -3.36. The van der Waals surface area contributed by atoms with Crippen molar-refractivity contribution >= 4 is 33.8 Å². The van der Waals surface area contributed by atoms with Crippen LogP contribution in [0, 0.1) is 0 Å². The minimum Gasteiger partial charge on any atom is -0.469 e. The van der Waals surface area contributed by atoms with E-state index >= 15 is 0 Å². The van der Waals surface area contributed by atoms with Crippen molar-refractivity contribution in [3.05, 3.63) is 53.5 Å². The van der Waals surface area contributed by atoms with Gasteiger partial charge in [-0.2, -0.15) is 0 Å². The molecule has 0 amide bonds. The van der Waals surface area contributed by atoms with E-state index in [1.54, 1.807) is 0 Å². The second-order valence-corrected chi connectivity index (χ2v) is 6.48. The minimum atomic E-state index is -0.656. The first-order valence-electron chi connectivity index (χ1n) is 8.81. The first-order chi connectivity index (χ1) is 13.4. The van der Waals surface area contributed by atoms with Crippen molar-refractivity contribution in [2.75, 3.05) is 7.11 Å². The van der Waals surface area contributed by atoms with Crippen LogP contribution in [-0.2, 0) is 27.4 Å². The van der Waals surface area contributed by atoms with E-state index in [1.165, 1.54) is 19.2 Å². The Balaban J connectivity index is 1.95. The lowest BCUT2D eigenvalue weighted by Gasteiger charge is -2.01. The lowest BCUT2D eigenvalue weighted by Crippen LogP contribution is -2.26. The molecule has 0 fully saturated rings. The number of rotatable bonds is 8. The first kappa shape index (κ1) is 19.4. The molecule has 0 atom stereocenters. The molecule has 9 heteroatoms. The van der Waals surface area contributed by atoms with Gasteiger partial charge in [-0.05, 0) is 25.0 Å². The highest BCUT2D eigenvalue weighted by Gasteiger charge is 2.19. The largest absolute Gasteiger partial charge is 0.469 e. The number of hydrogen-bond donors (Lipinski definition) is 0. The van der Waals surface area contributed by atoms with E-state index in [0.717, 1.165) is 9.13 Å². The Morgan fingerprint density at radius 1 is 0.857 bits per heavy atom. The molecule has 0 N–H and O–H groups in total. The van der Waals surface area contributed by atoms with Gasteiger partial charge in [-0.1, -0.05) is 6.42 Å². The molecule has 0 radical (unpaired) electrons. The zero-order valence-corrected chi connectivity index (χ0v) is 15.2. The van der Waals surface area contributed by atoms with Gasteiger partial charge < -0.3 is 9.53 Å². The van der Waals surface area contributed by atoms with Gasteiger partial charge in [0.05, 0.1) is 35.2 Å². The van der Waals surface area contributed by atoms with E-state index < -0.39 is 22.2 Å². The van der Waals surface area contributed by atoms with Gasteiger partial charge in [-0.3, -0.25) is 33.1 Å². The van der Waals surface area contributed by atoms with Gasteiger partial charge in [0, 0.05) is 13.0 Å². The van der Waals surface area contributed by atoms with Crippen LogP contribution >= 0.6 is 0 Å². The maximum atomic E-state index is 12.6. The van der Waals surface area contributed by atoms with Crippen molar-refractivity contribution in [3.63, 3.8) is 0 Å². The van der Waals surface area contributed by atoms with Crippen molar-refractivity contribution in [2.45, 2.75) is 38.8 Å². The fraction of sp³-hybridized carbons (Fsp3) is 0.368. The predicted octanol–water partition coefficient (Wildman–Crippen LogP) is -0.155. The Labute approximate surface area is 157 Å².